The molecule has 0 bridgehead atoms. The van der Waals surface area contributed by atoms with Crippen molar-refractivity contribution < 1.29 is 19.7 Å². The lowest BCUT2D eigenvalue weighted by molar-refractivity contribution is -0.525. The summed E-state index contributed by atoms with van der Waals surface area (Å²) in [5.41, 5.74) is 12.5. The third-order valence-corrected chi connectivity index (χ3v) is 3.46. The maximum Gasteiger partial charge on any atom is 0.251 e. The molecule has 0 saturated carbocycles. The summed E-state index contributed by atoms with van der Waals surface area (Å²) < 4.78 is 0. The van der Waals surface area contributed by atoms with Crippen molar-refractivity contribution in [1.82, 2.24) is 15.6 Å². The maximum atomic E-state index is 11.9. The molecule has 12 heteroatoms. The molecule has 0 aliphatic carbocycles. The Hall–Kier alpha value is -2.47. The van der Waals surface area contributed by atoms with Crippen LogP contribution in [0.15, 0.2) is 4.99 Å². The molecule has 1 aliphatic heterocycles. The molecule has 7 N–H and O–H groups in total. The molecule has 2 atom stereocenters. The number of nitrogens with zero attached hydrogens (tertiary/aromatic N) is 3. The molecule has 0 aromatic rings. The molecule has 1 aliphatic rings. The molecular weight excluding hydrogens is 322 g/mol. The predicted molar refractivity (Wildman–Crippen MR) is 84.0 cm³/mol. The topological polar surface area (TPSA) is 189 Å². The Morgan fingerprint density at radius 1 is 1.58 bits per heavy atom. The van der Waals surface area contributed by atoms with Crippen LogP contribution in [-0.2, 0) is 9.59 Å². The van der Waals surface area contributed by atoms with Crippen LogP contribution in [-0.4, -0.2) is 71.1 Å². The fraction of sp³-hybridized carbons (Fsp3) is 0.750. The zero-order valence-corrected chi connectivity index (χ0v) is 13.2. The number of rotatable bonds is 9. The van der Waals surface area contributed by atoms with Gasteiger partial charge in [0.2, 0.25) is 11.8 Å². The van der Waals surface area contributed by atoms with E-state index in [0.29, 0.717) is 25.8 Å². The van der Waals surface area contributed by atoms with Crippen LogP contribution in [0.25, 0.3) is 0 Å². The van der Waals surface area contributed by atoms with Crippen molar-refractivity contribution in [3.63, 3.8) is 0 Å². The van der Waals surface area contributed by atoms with Gasteiger partial charge in [-0.25, -0.2) is 15.1 Å². The predicted octanol–water partition coefficient (Wildman–Crippen LogP) is -3.10. The molecular formula is C12H23N7O5. The number of aliphatic hydroxyl groups excluding tert-OH is 1. The Labute approximate surface area is 138 Å². The van der Waals surface area contributed by atoms with Gasteiger partial charge in [0, 0.05) is 13.1 Å². The Balaban J connectivity index is 2.30. The van der Waals surface area contributed by atoms with Gasteiger partial charge in [-0.2, -0.15) is 0 Å². The molecule has 1 saturated heterocycles. The van der Waals surface area contributed by atoms with Gasteiger partial charge in [0.25, 0.3) is 5.96 Å². The van der Waals surface area contributed by atoms with Crippen molar-refractivity contribution in [1.29, 1.82) is 0 Å². The molecule has 2 amide bonds. The van der Waals surface area contributed by atoms with E-state index in [2.05, 4.69) is 10.3 Å². The van der Waals surface area contributed by atoms with E-state index >= 15 is 0 Å². The van der Waals surface area contributed by atoms with Crippen LogP contribution in [0.4, 0.5) is 0 Å². The zero-order valence-electron chi connectivity index (χ0n) is 13.2. The first-order valence-corrected chi connectivity index (χ1v) is 7.49. The first-order chi connectivity index (χ1) is 11.3. The van der Waals surface area contributed by atoms with E-state index in [0.717, 1.165) is 0 Å². The number of carbonyl (C=O) groups excluding carboxylic acids is 2. The molecule has 0 radical (unpaired) electrons. The minimum atomic E-state index is -0.818. The summed E-state index contributed by atoms with van der Waals surface area (Å²) in [4.78, 5) is 38.8. The third-order valence-electron chi connectivity index (χ3n) is 3.46. The highest BCUT2D eigenvalue weighted by molar-refractivity contribution is 5.88. The van der Waals surface area contributed by atoms with Gasteiger partial charge in [0.15, 0.2) is 5.03 Å². The minimum absolute atomic E-state index is 0.0963. The lowest BCUT2D eigenvalue weighted by Gasteiger charge is -2.19. The summed E-state index contributed by atoms with van der Waals surface area (Å²) in [7, 11) is 0. The minimum Gasteiger partial charge on any atom is -0.394 e. The van der Waals surface area contributed by atoms with Crippen molar-refractivity contribution >= 4 is 17.8 Å². The van der Waals surface area contributed by atoms with Gasteiger partial charge in [0.1, 0.15) is 0 Å². The summed E-state index contributed by atoms with van der Waals surface area (Å²) in [6.45, 7) is 0.277. The monoisotopic (exact) mass is 345 g/mol. The van der Waals surface area contributed by atoms with Gasteiger partial charge >= 0.3 is 0 Å². The van der Waals surface area contributed by atoms with E-state index < -0.39 is 17.1 Å². The molecule has 0 aromatic carbocycles. The average molecular weight is 345 g/mol. The van der Waals surface area contributed by atoms with Crippen molar-refractivity contribution in [2.75, 3.05) is 26.2 Å². The van der Waals surface area contributed by atoms with Gasteiger partial charge in [-0.3, -0.25) is 9.59 Å². The van der Waals surface area contributed by atoms with E-state index in [-0.39, 0.29) is 37.5 Å². The fourth-order valence-electron chi connectivity index (χ4n) is 2.24. The van der Waals surface area contributed by atoms with E-state index in [1.807, 2.05) is 0 Å². The van der Waals surface area contributed by atoms with Gasteiger partial charge in [-0.05, 0) is 19.3 Å². The van der Waals surface area contributed by atoms with Crippen LogP contribution in [0.1, 0.15) is 19.3 Å². The molecule has 1 fully saturated rings. The molecule has 0 aromatic heterocycles. The second kappa shape index (κ2) is 9.62. The number of amides is 2. The highest BCUT2D eigenvalue weighted by Crippen LogP contribution is 2.08. The maximum absolute atomic E-state index is 11.9. The number of nitro groups is 1. The number of guanidine groups is 1. The van der Waals surface area contributed by atoms with Crippen LogP contribution in [0, 0.1) is 10.1 Å². The Morgan fingerprint density at radius 3 is 2.83 bits per heavy atom. The lowest BCUT2D eigenvalue weighted by Crippen LogP contribution is -2.45. The van der Waals surface area contributed by atoms with Crippen molar-refractivity contribution in [2.45, 2.75) is 31.3 Å². The summed E-state index contributed by atoms with van der Waals surface area (Å²) in [5, 5.41) is 21.2. The number of likely N-dealkylation sites (tertiary alicyclic amines) is 1. The molecule has 1 rings (SSSR count). The van der Waals surface area contributed by atoms with Crippen LogP contribution < -0.4 is 22.2 Å². The standard InChI is InChI=1S/C12H23N7O5/c13-9-3-5-18(11(9)22)6-10(21)16-8(7-20)2-1-4-15-12(14)17-19(23)24/h8-9,20H,1-7,13H2,(H,16,21)(H3,14,15,17)/t8-,9-/m0/s1. The number of aliphatic imine (C=N–C) groups is 1. The van der Waals surface area contributed by atoms with Gasteiger partial charge in [-0.1, -0.05) is 5.43 Å². The first kappa shape index (κ1) is 19.6. The van der Waals surface area contributed by atoms with Gasteiger partial charge in [-0.15, -0.1) is 0 Å². The highest BCUT2D eigenvalue weighted by atomic mass is 16.7. The summed E-state index contributed by atoms with van der Waals surface area (Å²) >= 11 is 0. The second-order valence-electron chi connectivity index (χ2n) is 5.38. The van der Waals surface area contributed by atoms with E-state index in [4.69, 9.17) is 11.5 Å². The number of hydrazine groups is 1. The zero-order chi connectivity index (χ0) is 18.1. The number of hydrogen-bond acceptors (Lipinski definition) is 7. The van der Waals surface area contributed by atoms with Crippen molar-refractivity contribution in [3.8, 4) is 0 Å². The lowest BCUT2D eigenvalue weighted by atomic mass is 10.1. The number of aliphatic hydroxyl groups is 1. The summed E-state index contributed by atoms with van der Waals surface area (Å²) in [5.74, 6) is -0.947. The number of carbonyl (C=O) groups is 2. The van der Waals surface area contributed by atoms with E-state index in [1.54, 1.807) is 5.43 Å². The largest absolute Gasteiger partial charge is 0.394 e. The molecule has 12 nitrogen and oxygen atoms in total. The average Bonchev–Trinajstić information content (AvgIpc) is 2.81. The number of nitrogens with two attached hydrogens (primary N) is 2. The van der Waals surface area contributed by atoms with E-state index in [1.165, 1.54) is 4.90 Å². The highest BCUT2D eigenvalue weighted by Gasteiger charge is 2.29. The number of hydrogen-bond donors (Lipinski definition) is 5. The quantitative estimate of drug-likeness (QED) is 0.0954. The van der Waals surface area contributed by atoms with Gasteiger partial charge in [0.05, 0.1) is 25.2 Å². The summed E-state index contributed by atoms with van der Waals surface area (Å²) in [6, 6.07) is -1.05. The Morgan fingerprint density at radius 2 is 2.29 bits per heavy atom. The van der Waals surface area contributed by atoms with Crippen LogP contribution >= 0.6 is 0 Å². The normalized spacial score (nSPS) is 19.2. The third kappa shape index (κ3) is 6.75. The second-order valence-corrected chi connectivity index (χ2v) is 5.38. The molecule has 0 spiro atoms. The van der Waals surface area contributed by atoms with Gasteiger partial charge < -0.3 is 26.8 Å². The summed E-state index contributed by atoms with van der Waals surface area (Å²) in [6.07, 6.45) is 1.39. The SMILES string of the molecule is NC(=NCCC[C@@H](CO)NC(=O)CN1CC[C@H](N)C1=O)N[N+](=O)[O-]. The Bertz CT molecular complexity index is 498. The van der Waals surface area contributed by atoms with Crippen molar-refractivity contribution in [3.05, 3.63) is 10.1 Å². The molecule has 0 unspecified atom stereocenters. The smallest absolute Gasteiger partial charge is 0.251 e. The molecule has 24 heavy (non-hydrogen) atoms. The first-order valence-electron chi connectivity index (χ1n) is 7.49. The van der Waals surface area contributed by atoms with Crippen molar-refractivity contribution in [2.24, 2.45) is 16.5 Å². The number of nitrogens with one attached hydrogen (secondary N) is 2. The van der Waals surface area contributed by atoms with E-state index in [9.17, 15) is 24.8 Å². The molecule has 136 valence electrons. The van der Waals surface area contributed by atoms with Crippen LogP contribution in [0.2, 0.25) is 0 Å². The molecule has 1 heterocycles. The fourth-order valence-corrected chi connectivity index (χ4v) is 2.24. The Kier molecular flexibility index (Phi) is 7.85. The van der Waals surface area contributed by atoms with Crippen LogP contribution in [0.3, 0.4) is 0 Å². The van der Waals surface area contributed by atoms with Crippen LogP contribution in [0.5, 0.6) is 0 Å².